The van der Waals surface area contributed by atoms with Crippen LogP contribution in [0.15, 0.2) is 24.3 Å². The van der Waals surface area contributed by atoms with Crippen LogP contribution in [-0.2, 0) is 6.42 Å². The van der Waals surface area contributed by atoms with Crippen LogP contribution in [-0.4, -0.2) is 26.6 Å². The Morgan fingerprint density at radius 2 is 2.19 bits per heavy atom. The molecule has 0 fully saturated rings. The predicted molar refractivity (Wildman–Crippen MR) is 96.2 cm³/mol. The molecular formula is C18H15ClFN3O3. The molecule has 4 rings (SSSR count). The number of rotatable bonds is 3. The summed E-state index contributed by atoms with van der Waals surface area (Å²) < 4.78 is 19.0. The summed E-state index contributed by atoms with van der Waals surface area (Å²) in [5.74, 6) is -0.768. The minimum Gasteiger partial charge on any atom is -0.486 e. The number of aromatic carboxylic acids is 1. The number of imidazole rings is 1. The fourth-order valence-corrected chi connectivity index (χ4v) is 3.37. The average molecular weight is 376 g/mol. The Balaban J connectivity index is 1.82. The minimum absolute atomic E-state index is 0.0908. The number of benzene rings is 2. The Labute approximate surface area is 153 Å². The first-order valence-electron chi connectivity index (χ1n) is 7.93. The molecule has 2 aromatic carbocycles. The SMILES string of the molecule is CC1(C)Cc2c(c(C(=O)O)cc3[nH]c(Nc4ccc(F)cc4Cl)nc23)O1. The quantitative estimate of drug-likeness (QED) is 0.627. The van der Waals surface area contributed by atoms with E-state index in [9.17, 15) is 14.3 Å². The molecule has 0 saturated carbocycles. The third kappa shape index (κ3) is 2.74. The summed E-state index contributed by atoms with van der Waals surface area (Å²) in [7, 11) is 0. The van der Waals surface area contributed by atoms with E-state index in [2.05, 4.69) is 15.3 Å². The van der Waals surface area contributed by atoms with Gasteiger partial charge in [0, 0.05) is 12.0 Å². The number of aromatic nitrogens is 2. The minimum atomic E-state index is -1.06. The van der Waals surface area contributed by atoms with Gasteiger partial charge < -0.3 is 20.1 Å². The summed E-state index contributed by atoms with van der Waals surface area (Å²) in [6, 6.07) is 5.49. The molecule has 2 heterocycles. The number of aromatic amines is 1. The standard InChI is InChI=1S/C18H15ClFN3O3/c1-18(2)7-10-14-13(6-9(16(24)25)15(10)26-18)22-17(23-14)21-12-4-3-8(20)5-11(12)19/h3-6H,7H2,1-2H3,(H,24,25)(H2,21,22,23). The van der Waals surface area contributed by atoms with Crippen molar-refractivity contribution in [2.24, 2.45) is 0 Å². The van der Waals surface area contributed by atoms with Crippen LogP contribution in [0.1, 0.15) is 29.8 Å². The molecule has 0 amide bonds. The second-order valence-corrected chi connectivity index (χ2v) is 7.21. The van der Waals surface area contributed by atoms with Gasteiger partial charge in [-0.25, -0.2) is 14.2 Å². The van der Waals surface area contributed by atoms with Gasteiger partial charge in [0.1, 0.15) is 22.7 Å². The maximum atomic E-state index is 13.2. The average Bonchev–Trinajstić information content (AvgIpc) is 3.08. The van der Waals surface area contributed by atoms with E-state index in [0.717, 1.165) is 5.56 Å². The number of nitrogens with zero attached hydrogens (tertiary/aromatic N) is 1. The molecule has 26 heavy (non-hydrogen) atoms. The summed E-state index contributed by atoms with van der Waals surface area (Å²) in [5, 5.41) is 12.7. The molecule has 0 saturated heterocycles. The van der Waals surface area contributed by atoms with Crippen LogP contribution < -0.4 is 10.1 Å². The lowest BCUT2D eigenvalue weighted by atomic mass is 9.99. The second kappa shape index (κ2) is 5.60. The monoisotopic (exact) mass is 375 g/mol. The molecule has 0 atom stereocenters. The van der Waals surface area contributed by atoms with Gasteiger partial charge in [0.2, 0.25) is 5.95 Å². The molecular weight excluding hydrogens is 361 g/mol. The van der Waals surface area contributed by atoms with Crippen LogP contribution in [0.4, 0.5) is 16.0 Å². The molecule has 3 aromatic rings. The molecule has 134 valence electrons. The smallest absolute Gasteiger partial charge is 0.339 e. The first-order valence-corrected chi connectivity index (χ1v) is 8.31. The highest BCUT2D eigenvalue weighted by atomic mass is 35.5. The van der Waals surface area contributed by atoms with E-state index in [1.807, 2.05) is 13.8 Å². The highest BCUT2D eigenvalue weighted by molar-refractivity contribution is 6.33. The summed E-state index contributed by atoms with van der Waals surface area (Å²) in [4.78, 5) is 19.2. The molecule has 0 spiro atoms. The zero-order valence-electron chi connectivity index (χ0n) is 14.0. The lowest BCUT2D eigenvalue weighted by Crippen LogP contribution is -2.25. The van der Waals surface area contributed by atoms with Crippen molar-refractivity contribution in [3.05, 3.63) is 46.2 Å². The number of carbonyl (C=O) groups is 1. The van der Waals surface area contributed by atoms with Crippen LogP contribution >= 0.6 is 11.6 Å². The van der Waals surface area contributed by atoms with Crippen molar-refractivity contribution < 1.29 is 19.0 Å². The summed E-state index contributed by atoms with van der Waals surface area (Å²) in [5.41, 5.74) is 2.03. The molecule has 8 heteroatoms. The van der Waals surface area contributed by atoms with Gasteiger partial charge in [-0.2, -0.15) is 0 Å². The summed E-state index contributed by atoms with van der Waals surface area (Å²) in [6.07, 6.45) is 0.543. The zero-order valence-corrected chi connectivity index (χ0v) is 14.7. The van der Waals surface area contributed by atoms with E-state index in [-0.39, 0.29) is 10.6 Å². The molecule has 0 aliphatic carbocycles. The zero-order chi connectivity index (χ0) is 18.6. The fraction of sp³-hybridized carbons (Fsp3) is 0.222. The third-order valence-electron chi connectivity index (χ3n) is 4.22. The second-order valence-electron chi connectivity index (χ2n) is 6.81. The molecule has 0 bridgehead atoms. The third-order valence-corrected chi connectivity index (χ3v) is 4.53. The molecule has 0 radical (unpaired) electrons. The molecule has 3 N–H and O–H groups in total. The number of ether oxygens (including phenoxy) is 1. The predicted octanol–water partition coefficient (Wildman–Crippen LogP) is 4.51. The van der Waals surface area contributed by atoms with Crippen LogP contribution in [0.3, 0.4) is 0 Å². The number of carboxylic acid groups (broad SMARTS) is 1. The first-order chi connectivity index (χ1) is 12.2. The van der Waals surface area contributed by atoms with Gasteiger partial charge in [-0.3, -0.25) is 0 Å². The molecule has 1 aliphatic heterocycles. The van der Waals surface area contributed by atoms with E-state index in [0.29, 0.717) is 34.8 Å². The number of anilines is 2. The molecule has 1 aliphatic rings. The van der Waals surface area contributed by atoms with Gasteiger partial charge in [0.05, 0.1) is 21.7 Å². The van der Waals surface area contributed by atoms with Crippen molar-refractivity contribution in [3.63, 3.8) is 0 Å². The lowest BCUT2D eigenvalue weighted by Gasteiger charge is -2.17. The lowest BCUT2D eigenvalue weighted by molar-refractivity contribution is 0.0685. The van der Waals surface area contributed by atoms with Crippen molar-refractivity contribution in [2.45, 2.75) is 25.9 Å². The summed E-state index contributed by atoms with van der Waals surface area (Å²) >= 11 is 6.03. The van der Waals surface area contributed by atoms with Gasteiger partial charge in [-0.05, 0) is 38.1 Å². The topological polar surface area (TPSA) is 87.2 Å². The van der Waals surface area contributed by atoms with Crippen LogP contribution in [0.5, 0.6) is 5.75 Å². The Bertz CT molecular complexity index is 1060. The van der Waals surface area contributed by atoms with Crippen LogP contribution in [0.2, 0.25) is 5.02 Å². The van der Waals surface area contributed by atoms with E-state index in [1.165, 1.54) is 24.3 Å². The van der Waals surface area contributed by atoms with Gasteiger partial charge in [-0.1, -0.05) is 11.6 Å². The van der Waals surface area contributed by atoms with E-state index in [4.69, 9.17) is 16.3 Å². The van der Waals surface area contributed by atoms with Crippen molar-refractivity contribution in [1.29, 1.82) is 0 Å². The highest BCUT2D eigenvalue weighted by Crippen LogP contribution is 2.42. The van der Waals surface area contributed by atoms with Gasteiger partial charge >= 0.3 is 5.97 Å². The van der Waals surface area contributed by atoms with E-state index in [1.54, 1.807) is 0 Å². The van der Waals surface area contributed by atoms with Crippen LogP contribution in [0.25, 0.3) is 11.0 Å². The van der Waals surface area contributed by atoms with Crippen molar-refractivity contribution in [3.8, 4) is 5.75 Å². The molecule has 0 unspecified atom stereocenters. The molecule has 1 aromatic heterocycles. The number of H-pyrrole nitrogens is 1. The Kier molecular flexibility index (Phi) is 3.59. The molecule has 6 nitrogen and oxygen atoms in total. The van der Waals surface area contributed by atoms with Crippen molar-refractivity contribution in [2.75, 3.05) is 5.32 Å². The highest BCUT2D eigenvalue weighted by Gasteiger charge is 2.36. The Morgan fingerprint density at radius 1 is 1.42 bits per heavy atom. The number of hydrogen-bond acceptors (Lipinski definition) is 4. The van der Waals surface area contributed by atoms with Crippen molar-refractivity contribution in [1.82, 2.24) is 9.97 Å². The first kappa shape index (κ1) is 16.7. The van der Waals surface area contributed by atoms with E-state index < -0.39 is 17.4 Å². The number of fused-ring (bicyclic) bond motifs is 3. The normalized spacial score (nSPS) is 14.9. The van der Waals surface area contributed by atoms with Gasteiger partial charge in [0.15, 0.2) is 0 Å². The number of carboxylic acids is 1. The number of hydrogen-bond donors (Lipinski definition) is 3. The Hall–Kier alpha value is -2.80. The summed E-state index contributed by atoms with van der Waals surface area (Å²) in [6.45, 7) is 3.79. The van der Waals surface area contributed by atoms with Gasteiger partial charge in [0.25, 0.3) is 0 Å². The van der Waals surface area contributed by atoms with E-state index >= 15 is 0 Å². The number of nitrogens with one attached hydrogen (secondary N) is 2. The maximum Gasteiger partial charge on any atom is 0.339 e. The Morgan fingerprint density at radius 3 is 2.88 bits per heavy atom. The fourth-order valence-electron chi connectivity index (χ4n) is 3.16. The van der Waals surface area contributed by atoms with Crippen LogP contribution in [0, 0.1) is 5.82 Å². The van der Waals surface area contributed by atoms with Crippen molar-refractivity contribution >= 4 is 40.2 Å². The largest absolute Gasteiger partial charge is 0.486 e. The van der Waals surface area contributed by atoms with Gasteiger partial charge in [-0.15, -0.1) is 0 Å². The number of halogens is 2. The maximum absolute atomic E-state index is 13.2.